The van der Waals surface area contributed by atoms with E-state index in [1.807, 2.05) is 6.26 Å². The maximum Gasteiger partial charge on any atom is 0.147 e. The van der Waals surface area contributed by atoms with Crippen LogP contribution >= 0.6 is 11.8 Å². The molecule has 0 radical (unpaired) electrons. The highest BCUT2D eigenvalue weighted by Gasteiger charge is 2.06. The van der Waals surface area contributed by atoms with E-state index in [2.05, 4.69) is 0 Å². The Morgan fingerprint density at radius 3 is 2.77 bits per heavy atom. The third-order valence-corrected chi connectivity index (χ3v) is 2.26. The lowest BCUT2D eigenvalue weighted by Crippen LogP contribution is -2.06. The van der Waals surface area contributed by atoms with Crippen molar-refractivity contribution in [1.82, 2.24) is 0 Å². The van der Waals surface area contributed by atoms with E-state index in [1.54, 1.807) is 18.2 Å². The zero-order valence-electron chi connectivity index (χ0n) is 7.42. The number of Topliss-reactive ketones (excluding diaryl/α,β-unsaturated/α-hetero) is 1. The summed E-state index contributed by atoms with van der Waals surface area (Å²) in [5.74, 6) is 0.225. The number of carbonyl (C=O) groups is 1. The highest BCUT2D eigenvalue weighted by Crippen LogP contribution is 2.08. The molecule has 0 heterocycles. The minimum Gasteiger partial charge on any atom is -0.298 e. The zero-order valence-corrected chi connectivity index (χ0v) is 8.23. The van der Waals surface area contributed by atoms with Crippen molar-refractivity contribution in [3.63, 3.8) is 0 Å². The molecule has 0 bridgehead atoms. The number of halogens is 1. The Morgan fingerprint density at radius 1 is 1.46 bits per heavy atom. The summed E-state index contributed by atoms with van der Waals surface area (Å²) in [5, 5.41) is 0. The SMILES string of the molecule is CSCC(=O)Cc1ccccc1F. The Bertz CT molecular complexity index is 299. The van der Waals surface area contributed by atoms with Gasteiger partial charge in [-0.05, 0) is 17.9 Å². The Hall–Kier alpha value is -0.830. The molecule has 0 spiro atoms. The van der Waals surface area contributed by atoms with Crippen LogP contribution in [0.4, 0.5) is 4.39 Å². The van der Waals surface area contributed by atoms with Crippen LogP contribution < -0.4 is 0 Å². The van der Waals surface area contributed by atoms with Crippen LogP contribution in [0.15, 0.2) is 24.3 Å². The van der Waals surface area contributed by atoms with Crippen molar-refractivity contribution in [2.24, 2.45) is 0 Å². The van der Waals surface area contributed by atoms with E-state index in [4.69, 9.17) is 0 Å². The van der Waals surface area contributed by atoms with Crippen LogP contribution in [0.3, 0.4) is 0 Å². The first-order valence-corrected chi connectivity index (χ1v) is 5.37. The number of rotatable bonds is 4. The fourth-order valence-electron chi connectivity index (χ4n) is 1.07. The van der Waals surface area contributed by atoms with E-state index in [9.17, 15) is 9.18 Å². The summed E-state index contributed by atoms with van der Waals surface area (Å²) in [7, 11) is 0. The molecule has 0 N–H and O–H groups in total. The second-order valence-electron chi connectivity index (χ2n) is 2.74. The predicted molar refractivity (Wildman–Crippen MR) is 53.5 cm³/mol. The van der Waals surface area contributed by atoms with E-state index < -0.39 is 0 Å². The Morgan fingerprint density at radius 2 is 2.15 bits per heavy atom. The van der Waals surface area contributed by atoms with E-state index >= 15 is 0 Å². The first-order chi connectivity index (χ1) is 6.24. The Labute approximate surface area is 81.3 Å². The molecule has 1 rings (SSSR count). The van der Waals surface area contributed by atoms with Crippen LogP contribution in [0.25, 0.3) is 0 Å². The lowest BCUT2D eigenvalue weighted by molar-refractivity contribution is -0.116. The van der Waals surface area contributed by atoms with E-state index in [0.717, 1.165) is 0 Å². The summed E-state index contributed by atoms with van der Waals surface area (Å²) in [4.78, 5) is 11.2. The molecule has 70 valence electrons. The summed E-state index contributed by atoms with van der Waals surface area (Å²) in [6, 6.07) is 6.39. The predicted octanol–water partition coefficient (Wildman–Crippen LogP) is 2.30. The third-order valence-electron chi connectivity index (χ3n) is 1.65. The quantitative estimate of drug-likeness (QED) is 0.738. The van der Waals surface area contributed by atoms with Crippen molar-refractivity contribution in [1.29, 1.82) is 0 Å². The van der Waals surface area contributed by atoms with Crippen molar-refractivity contribution in [2.45, 2.75) is 6.42 Å². The number of carbonyl (C=O) groups excluding carboxylic acids is 1. The summed E-state index contributed by atoms with van der Waals surface area (Å²) in [5.41, 5.74) is 0.488. The second-order valence-corrected chi connectivity index (χ2v) is 3.61. The molecule has 3 heteroatoms. The summed E-state index contributed by atoms with van der Waals surface area (Å²) in [6.07, 6.45) is 2.06. The van der Waals surface area contributed by atoms with Crippen molar-refractivity contribution < 1.29 is 9.18 Å². The van der Waals surface area contributed by atoms with Gasteiger partial charge in [-0.3, -0.25) is 4.79 Å². The smallest absolute Gasteiger partial charge is 0.147 e. The average Bonchev–Trinajstić information content (AvgIpc) is 2.09. The maximum atomic E-state index is 13.0. The van der Waals surface area contributed by atoms with Gasteiger partial charge in [-0.1, -0.05) is 18.2 Å². The number of hydrogen-bond donors (Lipinski definition) is 0. The van der Waals surface area contributed by atoms with Crippen LogP contribution in [0.5, 0.6) is 0 Å². The van der Waals surface area contributed by atoms with Crippen LogP contribution in [-0.4, -0.2) is 17.8 Å². The molecule has 0 unspecified atom stereocenters. The van der Waals surface area contributed by atoms with Gasteiger partial charge in [-0.25, -0.2) is 4.39 Å². The van der Waals surface area contributed by atoms with Crippen LogP contribution in [-0.2, 0) is 11.2 Å². The van der Waals surface area contributed by atoms with Gasteiger partial charge in [0.1, 0.15) is 11.6 Å². The number of thioether (sulfide) groups is 1. The van der Waals surface area contributed by atoms with E-state index in [-0.39, 0.29) is 18.0 Å². The molecule has 1 aromatic rings. The van der Waals surface area contributed by atoms with Crippen LogP contribution in [0.1, 0.15) is 5.56 Å². The summed E-state index contributed by atoms with van der Waals surface area (Å²) in [6.45, 7) is 0. The molecule has 0 saturated carbocycles. The van der Waals surface area contributed by atoms with Crippen molar-refractivity contribution >= 4 is 17.5 Å². The molecule has 0 saturated heterocycles. The van der Waals surface area contributed by atoms with Gasteiger partial charge in [-0.15, -0.1) is 0 Å². The minimum absolute atomic E-state index is 0.0672. The van der Waals surface area contributed by atoms with E-state index in [1.165, 1.54) is 17.8 Å². The normalized spacial score (nSPS) is 10.0. The Kier molecular flexibility index (Phi) is 3.96. The van der Waals surface area contributed by atoms with E-state index in [0.29, 0.717) is 11.3 Å². The first kappa shape index (κ1) is 10.3. The molecule has 0 amide bonds. The number of benzene rings is 1. The van der Waals surface area contributed by atoms with Crippen molar-refractivity contribution in [3.05, 3.63) is 35.6 Å². The standard InChI is InChI=1S/C10H11FOS/c1-13-7-9(12)6-8-4-2-3-5-10(8)11/h2-5H,6-7H2,1H3. The van der Waals surface area contributed by atoms with Gasteiger partial charge in [0.15, 0.2) is 0 Å². The van der Waals surface area contributed by atoms with Gasteiger partial charge >= 0.3 is 0 Å². The van der Waals surface area contributed by atoms with Crippen LogP contribution in [0, 0.1) is 5.82 Å². The topological polar surface area (TPSA) is 17.1 Å². The molecule has 0 atom stereocenters. The van der Waals surface area contributed by atoms with Gasteiger partial charge < -0.3 is 0 Å². The molecular formula is C10H11FOS. The summed E-state index contributed by atoms with van der Waals surface area (Å²) < 4.78 is 13.0. The molecule has 0 aliphatic carbocycles. The lowest BCUT2D eigenvalue weighted by atomic mass is 10.1. The number of hydrogen-bond acceptors (Lipinski definition) is 2. The molecule has 1 aromatic carbocycles. The molecular weight excluding hydrogens is 187 g/mol. The van der Waals surface area contributed by atoms with Gasteiger partial charge in [-0.2, -0.15) is 11.8 Å². The van der Waals surface area contributed by atoms with Gasteiger partial charge in [0.2, 0.25) is 0 Å². The zero-order chi connectivity index (χ0) is 9.68. The number of ketones is 1. The third kappa shape index (κ3) is 3.19. The molecule has 1 nitrogen and oxygen atoms in total. The van der Waals surface area contributed by atoms with Crippen molar-refractivity contribution in [3.8, 4) is 0 Å². The van der Waals surface area contributed by atoms with Crippen molar-refractivity contribution in [2.75, 3.05) is 12.0 Å². The van der Waals surface area contributed by atoms with Gasteiger partial charge in [0, 0.05) is 6.42 Å². The van der Waals surface area contributed by atoms with Gasteiger partial charge in [0.25, 0.3) is 0 Å². The average molecular weight is 198 g/mol. The molecule has 0 aliphatic rings. The summed E-state index contributed by atoms with van der Waals surface area (Å²) >= 11 is 1.46. The molecule has 0 aromatic heterocycles. The second kappa shape index (κ2) is 5.02. The highest BCUT2D eigenvalue weighted by molar-refractivity contribution is 7.99. The molecule has 0 aliphatic heterocycles. The largest absolute Gasteiger partial charge is 0.298 e. The monoisotopic (exact) mass is 198 g/mol. The molecule has 0 fully saturated rings. The lowest BCUT2D eigenvalue weighted by Gasteiger charge is -2.00. The Balaban J connectivity index is 2.63. The van der Waals surface area contributed by atoms with Gasteiger partial charge in [0.05, 0.1) is 5.75 Å². The fourth-order valence-corrected chi connectivity index (χ4v) is 1.49. The fraction of sp³-hybridized carbons (Fsp3) is 0.300. The maximum absolute atomic E-state index is 13.0. The minimum atomic E-state index is -0.294. The molecule has 13 heavy (non-hydrogen) atoms. The first-order valence-electron chi connectivity index (χ1n) is 3.98. The van der Waals surface area contributed by atoms with Crippen LogP contribution in [0.2, 0.25) is 0 Å². The highest BCUT2D eigenvalue weighted by atomic mass is 32.2.